The molecule has 9 heteroatoms. The second kappa shape index (κ2) is 8.88. The van der Waals surface area contributed by atoms with Gasteiger partial charge >= 0.3 is 0 Å². The van der Waals surface area contributed by atoms with Gasteiger partial charge in [-0.05, 0) is 56.5 Å². The zero-order valence-corrected chi connectivity index (χ0v) is 20.8. The van der Waals surface area contributed by atoms with Crippen LogP contribution >= 0.6 is 11.9 Å². The van der Waals surface area contributed by atoms with Gasteiger partial charge in [0.1, 0.15) is 11.5 Å². The third-order valence-corrected chi connectivity index (χ3v) is 6.75. The Morgan fingerprint density at radius 2 is 1.86 bits per heavy atom. The molecule has 7 nitrogen and oxygen atoms in total. The normalized spacial score (nSPS) is 13.3. The number of anilines is 3. The monoisotopic (exact) mass is 491 g/mol. The lowest BCUT2D eigenvalue weighted by Gasteiger charge is -2.19. The molecule has 0 amide bonds. The van der Waals surface area contributed by atoms with Gasteiger partial charge in [-0.15, -0.1) is 0 Å². The van der Waals surface area contributed by atoms with Crippen LogP contribution in [0.2, 0.25) is 0 Å². The summed E-state index contributed by atoms with van der Waals surface area (Å²) in [5.74, 6) is -0.453. The molecule has 2 N–H and O–H groups in total. The molecule has 0 radical (unpaired) electrons. The summed E-state index contributed by atoms with van der Waals surface area (Å²) in [6.07, 6.45) is 3.67. The number of pyridine rings is 1. The molecule has 180 valence electrons. The van der Waals surface area contributed by atoms with Gasteiger partial charge in [0.05, 0.1) is 28.3 Å². The number of benzene rings is 2. The van der Waals surface area contributed by atoms with Crippen LogP contribution in [-0.2, 0) is 7.05 Å². The van der Waals surface area contributed by atoms with Crippen molar-refractivity contribution in [1.29, 1.82) is 0 Å². The first-order chi connectivity index (χ1) is 16.8. The Bertz CT molecular complexity index is 1590. The van der Waals surface area contributed by atoms with Gasteiger partial charge in [-0.3, -0.25) is 9.59 Å². The van der Waals surface area contributed by atoms with Gasteiger partial charge in [-0.1, -0.05) is 30.1 Å². The Morgan fingerprint density at radius 1 is 1.09 bits per heavy atom. The summed E-state index contributed by atoms with van der Waals surface area (Å²) in [6.45, 7) is 3.46. The second-order valence-electron chi connectivity index (χ2n) is 8.91. The van der Waals surface area contributed by atoms with E-state index >= 15 is 0 Å². The van der Waals surface area contributed by atoms with Crippen LogP contribution < -0.4 is 21.2 Å². The fourth-order valence-corrected chi connectivity index (χ4v) is 4.72. The maximum absolute atomic E-state index is 14.8. The van der Waals surface area contributed by atoms with Crippen LogP contribution in [0.3, 0.4) is 0 Å². The molecule has 1 fully saturated rings. The quantitative estimate of drug-likeness (QED) is 0.357. The topological polar surface area (TPSA) is 81.0 Å². The van der Waals surface area contributed by atoms with Crippen molar-refractivity contribution in [2.45, 2.75) is 32.7 Å². The molecule has 35 heavy (non-hydrogen) atoms. The predicted molar refractivity (Wildman–Crippen MR) is 141 cm³/mol. The van der Waals surface area contributed by atoms with Crippen LogP contribution in [0, 0.1) is 19.7 Å². The number of hydrogen-bond acceptors (Lipinski definition) is 6. The van der Waals surface area contributed by atoms with Gasteiger partial charge in [0, 0.05) is 30.1 Å². The summed E-state index contributed by atoms with van der Waals surface area (Å²) in [4.78, 5) is 27.1. The van der Waals surface area contributed by atoms with E-state index in [1.165, 1.54) is 27.3 Å². The van der Waals surface area contributed by atoms with Crippen molar-refractivity contribution in [3.63, 3.8) is 0 Å². The molecule has 0 unspecified atom stereocenters. The molecule has 0 atom stereocenters. The zero-order valence-electron chi connectivity index (χ0n) is 20.0. The highest BCUT2D eigenvalue weighted by atomic mass is 32.2. The minimum Gasteiger partial charge on any atom is -0.352 e. The zero-order chi connectivity index (χ0) is 24.9. The molecule has 2 heterocycles. The molecule has 2 aromatic carbocycles. The highest BCUT2D eigenvalue weighted by Crippen LogP contribution is 2.37. The molecule has 0 spiro atoms. The average Bonchev–Trinajstić information content (AvgIpc) is 3.67. The lowest BCUT2D eigenvalue weighted by molar-refractivity contribution is 0.607. The summed E-state index contributed by atoms with van der Waals surface area (Å²) < 4.78 is 21.0. The largest absolute Gasteiger partial charge is 0.352 e. The first-order valence-corrected chi connectivity index (χ1v) is 12.6. The molecule has 1 aliphatic rings. The highest BCUT2D eigenvalue weighted by Gasteiger charge is 2.30. The Labute approximate surface area is 206 Å². The minimum atomic E-state index is -0.453. The Morgan fingerprint density at radius 3 is 2.54 bits per heavy atom. The minimum absolute atomic E-state index is 0.0136. The first kappa shape index (κ1) is 23.2. The van der Waals surface area contributed by atoms with Crippen LogP contribution in [0.25, 0.3) is 22.2 Å². The smallest absolute Gasteiger partial charge is 0.278 e. The SMILES string of the molecule is CSNc1cccc(-c2nn(C3CC3)c(=O)c3c(Nc4ccc(C)cc4F)c(C)c(=O)n(C)c23)c1. The first-order valence-electron chi connectivity index (χ1n) is 11.4. The summed E-state index contributed by atoms with van der Waals surface area (Å²) in [5.41, 5.74) is 3.66. The van der Waals surface area contributed by atoms with E-state index in [-0.39, 0.29) is 22.8 Å². The maximum Gasteiger partial charge on any atom is 0.278 e. The Kier molecular flexibility index (Phi) is 5.88. The van der Waals surface area contributed by atoms with E-state index in [0.717, 1.165) is 29.7 Å². The van der Waals surface area contributed by atoms with E-state index in [9.17, 15) is 14.0 Å². The molecule has 0 aliphatic heterocycles. The fourth-order valence-electron chi connectivity index (χ4n) is 4.36. The van der Waals surface area contributed by atoms with Crippen LogP contribution in [0.15, 0.2) is 52.1 Å². The van der Waals surface area contributed by atoms with E-state index in [2.05, 4.69) is 10.0 Å². The number of halogens is 1. The van der Waals surface area contributed by atoms with Crippen molar-refractivity contribution < 1.29 is 4.39 Å². The standard InChI is InChI=1S/C26H26FN5O2S/c1-14-8-11-20(19(27)12-14)28-22-15(2)25(33)31(3)24-21(22)26(34)32(18-9-10-18)29-23(24)16-6-5-7-17(13-16)30-35-4/h5-8,11-13,18,28,30H,9-10H2,1-4H3. The second-order valence-corrected chi connectivity index (χ2v) is 9.52. The van der Waals surface area contributed by atoms with Gasteiger partial charge in [-0.25, -0.2) is 9.07 Å². The lowest BCUT2D eigenvalue weighted by atomic mass is 10.0. The van der Waals surface area contributed by atoms with E-state index in [1.807, 2.05) is 30.5 Å². The molecule has 1 aliphatic carbocycles. The van der Waals surface area contributed by atoms with Crippen LogP contribution in [0.5, 0.6) is 0 Å². The summed E-state index contributed by atoms with van der Waals surface area (Å²) in [7, 11) is 1.64. The van der Waals surface area contributed by atoms with Crippen molar-refractivity contribution in [3.05, 3.63) is 80.1 Å². The fraction of sp³-hybridized carbons (Fsp3) is 0.269. The third-order valence-electron chi connectivity index (χ3n) is 6.31. The summed E-state index contributed by atoms with van der Waals surface area (Å²) >= 11 is 1.47. The van der Waals surface area contributed by atoms with Crippen molar-refractivity contribution in [3.8, 4) is 11.3 Å². The number of rotatable bonds is 6. The van der Waals surface area contributed by atoms with Gasteiger partial charge < -0.3 is 14.6 Å². The van der Waals surface area contributed by atoms with Gasteiger partial charge in [0.15, 0.2) is 0 Å². The molecule has 5 rings (SSSR count). The molecule has 0 saturated heterocycles. The van der Waals surface area contributed by atoms with E-state index in [1.54, 1.807) is 33.0 Å². The molecule has 4 aromatic rings. The van der Waals surface area contributed by atoms with E-state index < -0.39 is 5.82 Å². The number of hydrogen-bond donors (Lipinski definition) is 2. The third kappa shape index (κ3) is 4.10. The maximum atomic E-state index is 14.8. The van der Waals surface area contributed by atoms with E-state index in [4.69, 9.17) is 5.10 Å². The molecule has 2 aromatic heterocycles. The Hall–Kier alpha value is -3.59. The molecular formula is C26H26FN5O2S. The van der Waals surface area contributed by atoms with Crippen molar-refractivity contribution in [2.75, 3.05) is 16.3 Å². The molecule has 0 bridgehead atoms. The Balaban J connectivity index is 1.86. The van der Waals surface area contributed by atoms with Crippen LogP contribution in [-0.4, -0.2) is 20.6 Å². The van der Waals surface area contributed by atoms with Gasteiger partial charge in [-0.2, -0.15) is 5.10 Å². The van der Waals surface area contributed by atoms with Gasteiger partial charge in [0.25, 0.3) is 11.1 Å². The lowest BCUT2D eigenvalue weighted by Crippen LogP contribution is -2.29. The van der Waals surface area contributed by atoms with Gasteiger partial charge in [0.2, 0.25) is 0 Å². The van der Waals surface area contributed by atoms with Crippen LogP contribution in [0.1, 0.15) is 30.0 Å². The number of aryl methyl sites for hydroxylation is 2. The number of nitrogens with one attached hydrogen (secondary N) is 2. The van der Waals surface area contributed by atoms with Crippen molar-refractivity contribution in [2.24, 2.45) is 7.05 Å². The van der Waals surface area contributed by atoms with Crippen LogP contribution in [0.4, 0.5) is 21.5 Å². The number of fused-ring (bicyclic) bond motifs is 1. The summed E-state index contributed by atoms with van der Waals surface area (Å²) in [5, 5.41) is 8.15. The predicted octanol–water partition coefficient (Wildman–Crippen LogP) is 5.29. The number of nitrogens with zero attached hydrogens (tertiary/aromatic N) is 3. The number of aromatic nitrogens is 3. The summed E-state index contributed by atoms with van der Waals surface area (Å²) in [6, 6.07) is 12.5. The molecule has 1 saturated carbocycles. The van der Waals surface area contributed by atoms with Crippen molar-refractivity contribution >= 4 is 39.9 Å². The molecular weight excluding hydrogens is 465 g/mol. The van der Waals surface area contributed by atoms with Crippen molar-refractivity contribution in [1.82, 2.24) is 14.3 Å². The average molecular weight is 492 g/mol. The van der Waals surface area contributed by atoms with E-state index in [0.29, 0.717) is 27.8 Å². The highest BCUT2D eigenvalue weighted by molar-refractivity contribution is 7.99.